The van der Waals surface area contributed by atoms with Crippen LogP contribution in [0.5, 0.6) is 0 Å². The number of carbonyl (C=O) groups excluding carboxylic acids is 1. The van der Waals surface area contributed by atoms with Gasteiger partial charge in [-0.3, -0.25) is 4.79 Å². The molecule has 3 heterocycles. The first-order valence-electron chi connectivity index (χ1n) is 12.0. The van der Waals surface area contributed by atoms with Crippen LogP contribution in [0.1, 0.15) is 22.3 Å². The van der Waals surface area contributed by atoms with Crippen LogP contribution in [0.2, 0.25) is 0 Å². The molecular weight excluding hydrogens is 434 g/mol. The first-order chi connectivity index (χ1) is 17.2. The summed E-state index contributed by atoms with van der Waals surface area (Å²) in [5.41, 5.74) is 4.14. The van der Waals surface area contributed by atoms with Gasteiger partial charge in [0.05, 0.1) is 17.1 Å². The van der Waals surface area contributed by atoms with Crippen molar-refractivity contribution in [3.63, 3.8) is 0 Å². The summed E-state index contributed by atoms with van der Waals surface area (Å²) < 4.78 is 0. The highest BCUT2D eigenvalue weighted by Gasteiger charge is 2.37. The van der Waals surface area contributed by atoms with Crippen molar-refractivity contribution in [3.8, 4) is 17.2 Å². The number of carbonyl (C=O) groups is 1. The van der Waals surface area contributed by atoms with Gasteiger partial charge in [0.2, 0.25) is 5.95 Å². The number of hydrogen-bond donors (Lipinski definition) is 0. The number of nitriles is 1. The second kappa shape index (κ2) is 8.84. The maximum absolute atomic E-state index is 13.7. The van der Waals surface area contributed by atoms with Crippen molar-refractivity contribution in [1.82, 2.24) is 14.9 Å². The van der Waals surface area contributed by atoms with Crippen molar-refractivity contribution < 1.29 is 4.79 Å². The third kappa shape index (κ3) is 4.10. The zero-order valence-corrected chi connectivity index (χ0v) is 19.3. The molecular formula is C29H25N5O. The molecule has 2 aliphatic heterocycles. The van der Waals surface area contributed by atoms with Gasteiger partial charge in [-0.15, -0.1) is 0 Å². The molecule has 35 heavy (non-hydrogen) atoms. The molecule has 2 bridgehead atoms. The van der Waals surface area contributed by atoms with Gasteiger partial charge in [0.1, 0.15) is 0 Å². The van der Waals surface area contributed by atoms with Crippen molar-refractivity contribution in [2.75, 3.05) is 31.1 Å². The molecule has 3 aromatic carbocycles. The van der Waals surface area contributed by atoms with E-state index >= 15 is 0 Å². The van der Waals surface area contributed by atoms with Crippen LogP contribution in [0, 0.1) is 23.2 Å². The summed E-state index contributed by atoms with van der Waals surface area (Å²) in [6.07, 6.45) is 3.03. The van der Waals surface area contributed by atoms with E-state index in [-0.39, 0.29) is 5.91 Å². The number of rotatable bonds is 3. The molecule has 6 nitrogen and oxygen atoms in total. The Morgan fingerprint density at radius 2 is 1.60 bits per heavy atom. The van der Waals surface area contributed by atoms with Crippen LogP contribution in [0.25, 0.3) is 22.0 Å². The summed E-state index contributed by atoms with van der Waals surface area (Å²) in [6, 6.07) is 25.4. The van der Waals surface area contributed by atoms with Crippen LogP contribution in [-0.4, -0.2) is 47.0 Å². The minimum atomic E-state index is 0.0788. The zero-order chi connectivity index (χ0) is 23.8. The van der Waals surface area contributed by atoms with Gasteiger partial charge in [-0.05, 0) is 53.6 Å². The molecule has 2 unspecified atom stereocenters. The van der Waals surface area contributed by atoms with Crippen LogP contribution in [0.3, 0.4) is 0 Å². The topological polar surface area (TPSA) is 73.1 Å². The largest absolute Gasteiger partial charge is 0.340 e. The maximum atomic E-state index is 13.7. The number of benzene rings is 3. The molecule has 172 valence electrons. The fraction of sp³-hybridized carbons (Fsp3) is 0.241. The standard InChI is InChI=1S/C29H25N5O/c30-14-20-9-11-23(12-10-20)25-6-2-3-7-26(25)28(35)33-16-21-13-22(17-33)19-34(18-21)29-31-15-24-5-1-4-8-27(24)32-29/h1-12,15,21-22H,13,16-19H2. The Hall–Kier alpha value is -4.24. The predicted octanol–water partition coefficient (Wildman–Crippen LogP) is 4.77. The predicted molar refractivity (Wildman–Crippen MR) is 136 cm³/mol. The molecule has 1 aromatic heterocycles. The molecule has 0 aliphatic carbocycles. The molecule has 2 aliphatic rings. The molecule has 6 rings (SSSR count). The first kappa shape index (κ1) is 21.3. The Morgan fingerprint density at radius 3 is 2.37 bits per heavy atom. The summed E-state index contributed by atoms with van der Waals surface area (Å²) in [7, 11) is 0. The normalized spacial score (nSPS) is 19.4. The fourth-order valence-electron chi connectivity index (χ4n) is 5.54. The SMILES string of the molecule is N#Cc1ccc(-c2ccccc2C(=O)N2CC3CC(C2)CN(c2ncc4ccccc4n2)C3)cc1. The third-order valence-electron chi connectivity index (χ3n) is 7.11. The number of fused-ring (bicyclic) bond motifs is 3. The van der Waals surface area contributed by atoms with Gasteiger partial charge in [0.25, 0.3) is 5.91 Å². The van der Waals surface area contributed by atoms with Crippen LogP contribution < -0.4 is 4.90 Å². The molecule has 0 N–H and O–H groups in total. The fourth-order valence-corrected chi connectivity index (χ4v) is 5.54. The average molecular weight is 460 g/mol. The summed E-state index contributed by atoms with van der Waals surface area (Å²) >= 11 is 0. The number of amides is 1. The lowest BCUT2D eigenvalue weighted by atomic mass is 9.84. The number of nitrogens with zero attached hydrogens (tertiary/aromatic N) is 5. The summed E-state index contributed by atoms with van der Waals surface area (Å²) in [5, 5.41) is 10.2. The number of likely N-dealkylation sites (tertiary alicyclic amines) is 1. The Labute approximate surface area is 204 Å². The van der Waals surface area contributed by atoms with Crippen LogP contribution in [-0.2, 0) is 0 Å². The summed E-state index contributed by atoms with van der Waals surface area (Å²) in [4.78, 5) is 27.4. The third-order valence-corrected chi connectivity index (χ3v) is 7.11. The van der Waals surface area contributed by atoms with E-state index in [0.29, 0.717) is 23.0 Å². The van der Waals surface area contributed by atoms with E-state index in [1.54, 1.807) is 12.1 Å². The molecule has 2 atom stereocenters. The van der Waals surface area contributed by atoms with Crippen molar-refractivity contribution in [1.29, 1.82) is 5.26 Å². The molecule has 0 saturated carbocycles. The Balaban J connectivity index is 1.21. The number of hydrogen-bond acceptors (Lipinski definition) is 5. The smallest absolute Gasteiger partial charge is 0.254 e. The van der Waals surface area contributed by atoms with Crippen LogP contribution in [0.4, 0.5) is 5.95 Å². The van der Waals surface area contributed by atoms with Crippen molar-refractivity contribution in [2.45, 2.75) is 6.42 Å². The van der Waals surface area contributed by atoms with Crippen LogP contribution >= 0.6 is 0 Å². The van der Waals surface area contributed by atoms with E-state index in [9.17, 15) is 4.79 Å². The lowest BCUT2D eigenvalue weighted by Gasteiger charge is -2.46. The van der Waals surface area contributed by atoms with E-state index in [1.165, 1.54) is 0 Å². The van der Waals surface area contributed by atoms with E-state index in [4.69, 9.17) is 10.2 Å². The minimum Gasteiger partial charge on any atom is -0.340 e. The van der Waals surface area contributed by atoms with Gasteiger partial charge in [0, 0.05) is 43.3 Å². The summed E-state index contributed by atoms with van der Waals surface area (Å²) in [5.74, 6) is 1.64. The number of anilines is 1. The Morgan fingerprint density at radius 1 is 0.886 bits per heavy atom. The van der Waals surface area contributed by atoms with Gasteiger partial charge in [-0.25, -0.2) is 9.97 Å². The Bertz CT molecular complexity index is 1430. The van der Waals surface area contributed by atoms with E-state index in [2.05, 4.69) is 16.0 Å². The highest BCUT2D eigenvalue weighted by molar-refractivity contribution is 6.01. The maximum Gasteiger partial charge on any atom is 0.254 e. The summed E-state index contributed by atoms with van der Waals surface area (Å²) in [6.45, 7) is 3.19. The molecule has 1 amide bonds. The molecule has 2 saturated heterocycles. The van der Waals surface area contributed by atoms with Gasteiger partial charge >= 0.3 is 0 Å². The average Bonchev–Trinajstić information content (AvgIpc) is 2.92. The second-order valence-corrected chi connectivity index (χ2v) is 9.55. The number of aromatic nitrogens is 2. The quantitative estimate of drug-likeness (QED) is 0.441. The van der Waals surface area contributed by atoms with Crippen LogP contribution in [0.15, 0.2) is 79.0 Å². The molecule has 0 spiro atoms. The van der Waals surface area contributed by atoms with Gasteiger partial charge in [-0.2, -0.15) is 5.26 Å². The van der Waals surface area contributed by atoms with E-state index < -0.39 is 0 Å². The van der Waals surface area contributed by atoms with Gasteiger partial charge in [-0.1, -0.05) is 48.5 Å². The van der Waals surface area contributed by atoms with Crippen molar-refractivity contribution >= 4 is 22.8 Å². The monoisotopic (exact) mass is 459 g/mol. The molecule has 6 heteroatoms. The molecule has 0 radical (unpaired) electrons. The Kier molecular flexibility index (Phi) is 5.38. The van der Waals surface area contributed by atoms with Gasteiger partial charge in [0.15, 0.2) is 0 Å². The zero-order valence-electron chi connectivity index (χ0n) is 19.3. The number of piperidine rings is 2. The highest BCUT2D eigenvalue weighted by Crippen LogP contribution is 2.33. The second-order valence-electron chi connectivity index (χ2n) is 9.55. The van der Waals surface area contributed by atoms with Crippen molar-refractivity contribution in [2.24, 2.45) is 11.8 Å². The first-order valence-corrected chi connectivity index (χ1v) is 12.0. The van der Waals surface area contributed by atoms with E-state index in [1.807, 2.05) is 71.8 Å². The highest BCUT2D eigenvalue weighted by atomic mass is 16.2. The number of para-hydroxylation sites is 1. The lowest BCUT2D eigenvalue weighted by Crippen LogP contribution is -2.54. The minimum absolute atomic E-state index is 0.0788. The van der Waals surface area contributed by atoms with Crippen molar-refractivity contribution in [3.05, 3.63) is 90.1 Å². The molecule has 2 fully saturated rings. The van der Waals surface area contributed by atoms with E-state index in [0.717, 1.165) is 60.6 Å². The van der Waals surface area contributed by atoms with Gasteiger partial charge < -0.3 is 9.80 Å². The lowest BCUT2D eigenvalue weighted by molar-refractivity contribution is 0.0564. The molecule has 4 aromatic rings.